The Bertz CT molecular complexity index is 1090. The molecule has 2 aromatic rings. The number of likely N-dealkylation sites (tertiary alicyclic amines) is 1. The number of hydrogen-bond acceptors (Lipinski definition) is 6. The van der Waals surface area contributed by atoms with Gasteiger partial charge in [0.1, 0.15) is 12.2 Å². The van der Waals surface area contributed by atoms with Crippen LogP contribution in [0.3, 0.4) is 0 Å². The highest BCUT2D eigenvalue weighted by Crippen LogP contribution is 2.25. The van der Waals surface area contributed by atoms with Crippen LogP contribution in [-0.2, 0) is 9.53 Å². The van der Waals surface area contributed by atoms with Gasteiger partial charge in [0.05, 0.1) is 6.61 Å². The van der Waals surface area contributed by atoms with Crippen LogP contribution in [0.25, 0.3) is 6.08 Å². The fourth-order valence-corrected chi connectivity index (χ4v) is 5.08. The number of aromatic nitrogens is 1. The zero-order valence-electron chi connectivity index (χ0n) is 21.6. The molecule has 204 valence electrons. The van der Waals surface area contributed by atoms with Gasteiger partial charge in [0, 0.05) is 42.9 Å². The lowest BCUT2D eigenvalue weighted by Gasteiger charge is -2.32. The highest BCUT2D eigenvalue weighted by atomic mass is 16.6. The van der Waals surface area contributed by atoms with Crippen molar-refractivity contribution in [1.82, 2.24) is 10.2 Å². The first-order chi connectivity index (χ1) is 18.5. The maximum absolute atomic E-state index is 12.6. The second-order valence-electron chi connectivity index (χ2n) is 10.0. The first kappa shape index (κ1) is 27.9. The van der Waals surface area contributed by atoms with Crippen LogP contribution in [-0.4, -0.2) is 76.6 Å². The van der Waals surface area contributed by atoms with Crippen molar-refractivity contribution >= 4 is 17.9 Å². The Balaban J connectivity index is 1.13. The van der Waals surface area contributed by atoms with Crippen molar-refractivity contribution in [3.05, 3.63) is 72.1 Å². The SMILES string of the molecule is O=C(/C=C/c1ccc[n+]([C@@H]2O[C@H](CO)[C@@H](O)[C@H]2O)c1)NCCCCC1CCN(C(=O)c2ccccc2)CC1. The normalized spacial score (nSPS) is 24.1. The molecule has 0 aliphatic carbocycles. The van der Waals surface area contributed by atoms with Gasteiger partial charge in [0.25, 0.3) is 12.1 Å². The Morgan fingerprint density at radius 3 is 2.53 bits per heavy atom. The monoisotopic (exact) mass is 524 g/mol. The Hall–Kier alpha value is -3.11. The second kappa shape index (κ2) is 13.6. The van der Waals surface area contributed by atoms with E-state index in [4.69, 9.17) is 4.74 Å². The van der Waals surface area contributed by atoms with E-state index in [0.717, 1.165) is 56.3 Å². The van der Waals surface area contributed by atoms with Crippen LogP contribution < -0.4 is 9.88 Å². The molecule has 0 spiro atoms. The minimum atomic E-state index is -1.17. The number of benzene rings is 1. The molecule has 2 fully saturated rings. The summed E-state index contributed by atoms with van der Waals surface area (Å²) in [6.45, 7) is 1.82. The van der Waals surface area contributed by atoms with E-state index in [1.807, 2.05) is 41.3 Å². The summed E-state index contributed by atoms with van der Waals surface area (Å²) >= 11 is 0. The van der Waals surface area contributed by atoms with E-state index in [0.29, 0.717) is 12.5 Å². The van der Waals surface area contributed by atoms with Crippen molar-refractivity contribution in [2.24, 2.45) is 5.92 Å². The van der Waals surface area contributed by atoms with Crippen molar-refractivity contribution in [2.45, 2.75) is 56.6 Å². The zero-order chi connectivity index (χ0) is 26.9. The van der Waals surface area contributed by atoms with Crippen LogP contribution in [0.15, 0.2) is 60.9 Å². The predicted octanol–water partition coefficient (Wildman–Crippen LogP) is 1.44. The molecule has 0 saturated carbocycles. The lowest BCUT2D eigenvalue weighted by atomic mass is 9.91. The van der Waals surface area contributed by atoms with E-state index in [2.05, 4.69) is 5.32 Å². The van der Waals surface area contributed by atoms with Gasteiger partial charge in [-0.15, -0.1) is 0 Å². The summed E-state index contributed by atoms with van der Waals surface area (Å²) in [5, 5.41) is 32.4. The Labute approximate surface area is 223 Å². The van der Waals surface area contributed by atoms with Gasteiger partial charge in [-0.3, -0.25) is 9.59 Å². The van der Waals surface area contributed by atoms with Crippen molar-refractivity contribution in [2.75, 3.05) is 26.2 Å². The molecule has 38 heavy (non-hydrogen) atoms. The first-order valence-corrected chi connectivity index (χ1v) is 13.4. The lowest BCUT2D eigenvalue weighted by molar-refractivity contribution is -0.765. The molecular weight excluding hydrogens is 486 g/mol. The molecule has 2 aliphatic heterocycles. The minimum Gasteiger partial charge on any atom is -0.394 e. The number of rotatable bonds is 10. The van der Waals surface area contributed by atoms with Gasteiger partial charge in [0.15, 0.2) is 18.5 Å². The van der Waals surface area contributed by atoms with Gasteiger partial charge in [-0.2, -0.15) is 4.57 Å². The topological polar surface area (TPSA) is 123 Å². The van der Waals surface area contributed by atoms with E-state index in [9.17, 15) is 24.9 Å². The van der Waals surface area contributed by atoms with Crippen molar-refractivity contribution < 1.29 is 34.2 Å². The summed E-state index contributed by atoms with van der Waals surface area (Å²) in [6.07, 6.45) is 7.64. The summed E-state index contributed by atoms with van der Waals surface area (Å²) in [5.74, 6) is 0.552. The number of unbranched alkanes of at least 4 members (excludes halogenated alkanes) is 1. The molecule has 4 rings (SSSR count). The smallest absolute Gasteiger partial charge is 0.292 e. The van der Waals surface area contributed by atoms with E-state index >= 15 is 0 Å². The van der Waals surface area contributed by atoms with Crippen LogP contribution >= 0.6 is 0 Å². The second-order valence-corrected chi connectivity index (χ2v) is 10.0. The van der Waals surface area contributed by atoms with Crippen LogP contribution in [0, 0.1) is 5.92 Å². The van der Waals surface area contributed by atoms with Gasteiger partial charge in [-0.05, 0) is 49.5 Å². The average molecular weight is 525 g/mol. The summed E-state index contributed by atoms with van der Waals surface area (Å²) in [5.41, 5.74) is 1.48. The largest absolute Gasteiger partial charge is 0.394 e. The van der Waals surface area contributed by atoms with Crippen LogP contribution in [0.1, 0.15) is 54.3 Å². The zero-order valence-corrected chi connectivity index (χ0v) is 21.6. The quantitative estimate of drug-likeness (QED) is 0.212. The molecule has 4 atom stereocenters. The van der Waals surface area contributed by atoms with Gasteiger partial charge >= 0.3 is 0 Å². The van der Waals surface area contributed by atoms with Crippen LogP contribution in [0.4, 0.5) is 0 Å². The molecule has 9 nitrogen and oxygen atoms in total. The molecule has 2 amide bonds. The molecule has 0 radical (unpaired) electrons. The number of ether oxygens (including phenoxy) is 1. The maximum Gasteiger partial charge on any atom is 0.292 e. The number of amides is 2. The fraction of sp³-hybridized carbons (Fsp3) is 0.483. The highest BCUT2D eigenvalue weighted by Gasteiger charge is 2.47. The number of nitrogens with one attached hydrogen (secondary N) is 1. The number of nitrogens with zero attached hydrogens (tertiary/aromatic N) is 2. The maximum atomic E-state index is 12.6. The molecule has 0 unspecified atom stereocenters. The first-order valence-electron chi connectivity index (χ1n) is 13.4. The molecule has 1 aromatic carbocycles. The van der Waals surface area contributed by atoms with E-state index in [1.54, 1.807) is 29.1 Å². The minimum absolute atomic E-state index is 0.115. The number of pyridine rings is 1. The van der Waals surface area contributed by atoms with Crippen LogP contribution in [0.5, 0.6) is 0 Å². The average Bonchev–Trinajstić information content (AvgIpc) is 3.25. The number of carbonyl (C=O) groups is 2. The van der Waals surface area contributed by atoms with E-state index in [-0.39, 0.29) is 18.4 Å². The molecule has 9 heteroatoms. The van der Waals surface area contributed by atoms with Gasteiger partial charge in [0.2, 0.25) is 5.91 Å². The fourth-order valence-electron chi connectivity index (χ4n) is 5.08. The third-order valence-electron chi connectivity index (χ3n) is 7.34. The summed E-state index contributed by atoms with van der Waals surface area (Å²) in [4.78, 5) is 26.8. The predicted molar refractivity (Wildman–Crippen MR) is 141 cm³/mol. The molecule has 2 aliphatic rings. The number of hydrogen-bond donors (Lipinski definition) is 4. The Morgan fingerprint density at radius 1 is 1.05 bits per heavy atom. The van der Waals surface area contributed by atoms with E-state index < -0.39 is 24.5 Å². The number of aliphatic hydroxyl groups excluding tert-OH is 3. The standard InChI is InChI=1S/C29H37N3O6/c33-20-24-26(35)27(36)29(38-24)32-16-6-8-22(19-32)11-12-25(34)30-15-5-4-7-21-13-17-31(18-14-21)28(37)23-9-2-1-3-10-23/h1-3,6,8-12,16,19,21,24,26-27,29,33,35-36H,4-5,7,13-15,17-18,20H2/p+1/b12-11+/t24-,26-,27-,29-/m1/s1. The molecule has 0 bridgehead atoms. The highest BCUT2D eigenvalue weighted by molar-refractivity contribution is 5.94. The molecule has 3 heterocycles. The lowest BCUT2D eigenvalue weighted by Crippen LogP contribution is -2.45. The summed E-state index contributed by atoms with van der Waals surface area (Å²) in [6, 6.07) is 13.0. The third kappa shape index (κ3) is 7.26. The van der Waals surface area contributed by atoms with Gasteiger partial charge < -0.3 is 30.3 Å². The third-order valence-corrected chi connectivity index (χ3v) is 7.34. The van der Waals surface area contributed by atoms with E-state index in [1.165, 1.54) is 6.08 Å². The summed E-state index contributed by atoms with van der Waals surface area (Å²) in [7, 11) is 0. The van der Waals surface area contributed by atoms with Crippen LogP contribution in [0.2, 0.25) is 0 Å². The van der Waals surface area contributed by atoms with Crippen molar-refractivity contribution in [3.63, 3.8) is 0 Å². The molecule has 2 saturated heterocycles. The Morgan fingerprint density at radius 2 is 1.82 bits per heavy atom. The van der Waals surface area contributed by atoms with Gasteiger partial charge in [-0.25, -0.2) is 0 Å². The van der Waals surface area contributed by atoms with Gasteiger partial charge in [-0.1, -0.05) is 31.0 Å². The number of piperidine rings is 1. The summed E-state index contributed by atoms with van der Waals surface area (Å²) < 4.78 is 7.16. The molecule has 4 N–H and O–H groups in total. The number of aliphatic hydroxyl groups is 3. The molecular formula is C29H38N3O6+. The molecule has 1 aromatic heterocycles. The Kier molecular flexibility index (Phi) is 10.0. The van der Waals surface area contributed by atoms with Crippen molar-refractivity contribution in [1.29, 1.82) is 0 Å². The number of carbonyl (C=O) groups excluding carboxylic acids is 2. The van der Waals surface area contributed by atoms with Crippen molar-refractivity contribution in [3.8, 4) is 0 Å².